The molecule has 0 saturated heterocycles. The Bertz CT molecular complexity index is 596. The molecule has 124 valence electrons. The van der Waals surface area contributed by atoms with Gasteiger partial charge in [0.25, 0.3) is 0 Å². The Morgan fingerprint density at radius 1 is 1.32 bits per heavy atom. The molecule has 0 fully saturated rings. The van der Waals surface area contributed by atoms with Crippen molar-refractivity contribution in [3.63, 3.8) is 0 Å². The average Bonchev–Trinajstić information content (AvgIpc) is 2.44. The maximum atomic E-state index is 13.9. The molecule has 1 unspecified atom stereocenters. The van der Waals surface area contributed by atoms with Gasteiger partial charge in [0.05, 0.1) is 10.6 Å². The van der Waals surface area contributed by atoms with Crippen molar-refractivity contribution in [2.24, 2.45) is 5.16 Å². The van der Waals surface area contributed by atoms with E-state index in [1.54, 1.807) is 32.9 Å². The highest BCUT2D eigenvalue weighted by molar-refractivity contribution is 7.89. The lowest BCUT2D eigenvalue weighted by atomic mass is 10.2. The molecule has 22 heavy (non-hydrogen) atoms. The maximum Gasteiger partial charge on any atom is 0.243 e. The molecule has 1 rings (SSSR count). The summed E-state index contributed by atoms with van der Waals surface area (Å²) in [5, 5.41) is 3.64. The quantitative estimate of drug-likeness (QED) is 0.544. The average molecular weight is 330 g/mol. The van der Waals surface area contributed by atoms with E-state index in [-0.39, 0.29) is 24.6 Å². The lowest BCUT2D eigenvalue weighted by molar-refractivity contribution is 0.0778. The molecule has 0 aliphatic rings. The van der Waals surface area contributed by atoms with Crippen LogP contribution >= 0.6 is 0 Å². The van der Waals surface area contributed by atoms with Gasteiger partial charge in [0, 0.05) is 13.1 Å². The van der Waals surface area contributed by atoms with Crippen molar-refractivity contribution in [2.45, 2.75) is 38.8 Å². The van der Waals surface area contributed by atoms with Crippen LogP contribution in [0.2, 0.25) is 0 Å². The molecule has 7 heteroatoms. The molecular formula is C15H23FN2O3S. The molecule has 0 aromatic heterocycles. The number of nitrogens with zero attached hydrogens (tertiary/aromatic N) is 2. The Kier molecular flexibility index (Phi) is 6.96. The summed E-state index contributed by atoms with van der Waals surface area (Å²) in [6, 6.07) is 6.49. The summed E-state index contributed by atoms with van der Waals surface area (Å²) in [5.74, 6) is 0. The van der Waals surface area contributed by atoms with E-state index in [4.69, 9.17) is 4.84 Å². The summed E-state index contributed by atoms with van der Waals surface area (Å²) in [7, 11) is -3.70. The third-order valence-corrected chi connectivity index (χ3v) is 4.87. The zero-order chi connectivity index (χ0) is 16.8. The maximum absolute atomic E-state index is 13.9. The van der Waals surface area contributed by atoms with Crippen LogP contribution in [0.4, 0.5) is 4.39 Å². The normalized spacial score (nSPS) is 13.0. The molecule has 0 aliphatic heterocycles. The van der Waals surface area contributed by atoms with Crippen LogP contribution in [0.15, 0.2) is 34.3 Å². The predicted molar refractivity (Wildman–Crippen MR) is 85.2 cm³/mol. The molecule has 0 saturated carbocycles. The Morgan fingerprint density at radius 3 is 2.41 bits per heavy atom. The van der Waals surface area contributed by atoms with Gasteiger partial charge in [-0.2, -0.15) is 4.31 Å². The van der Waals surface area contributed by atoms with Crippen LogP contribution in [-0.4, -0.2) is 44.3 Å². The summed E-state index contributed by atoms with van der Waals surface area (Å²) >= 11 is 0. The van der Waals surface area contributed by atoms with Crippen molar-refractivity contribution in [1.29, 1.82) is 0 Å². The van der Waals surface area contributed by atoms with Crippen molar-refractivity contribution < 1.29 is 17.6 Å². The summed E-state index contributed by atoms with van der Waals surface area (Å²) in [5.41, 5.74) is 1.64. The summed E-state index contributed by atoms with van der Waals surface area (Å²) in [4.78, 5) is 4.99. The van der Waals surface area contributed by atoms with Gasteiger partial charge in [-0.05, 0) is 32.9 Å². The Balaban J connectivity index is 2.77. The molecule has 1 aromatic carbocycles. The number of halogens is 1. The molecule has 0 spiro atoms. The van der Waals surface area contributed by atoms with Gasteiger partial charge < -0.3 is 4.84 Å². The standard InChI is InChI=1S/C15H23FN2O3S/c1-5-18(10-14(16)11-21-17-12(2)3)22(19,20)15-8-6-13(4)7-9-15/h6-9,14H,5,10-11H2,1-4H3. The number of alkyl halides is 1. The number of benzene rings is 1. The number of aryl methyl sites for hydroxylation is 1. The number of hydrogen-bond donors (Lipinski definition) is 0. The second-order valence-corrected chi connectivity index (χ2v) is 7.14. The molecule has 0 amide bonds. The lowest BCUT2D eigenvalue weighted by Gasteiger charge is -2.22. The summed E-state index contributed by atoms with van der Waals surface area (Å²) in [6.45, 7) is 6.66. The molecule has 5 nitrogen and oxygen atoms in total. The zero-order valence-corrected chi connectivity index (χ0v) is 14.2. The Morgan fingerprint density at radius 2 is 1.91 bits per heavy atom. The van der Waals surface area contributed by atoms with Gasteiger partial charge in [0.2, 0.25) is 10.0 Å². The van der Waals surface area contributed by atoms with E-state index in [9.17, 15) is 12.8 Å². The van der Waals surface area contributed by atoms with Crippen LogP contribution < -0.4 is 0 Å². The topological polar surface area (TPSA) is 59.0 Å². The number of oxime groups is 1. The third-order valence-electron chi connectivity index (χ3n) is 2.92. The van der Waals surface area contributed by atoms with Gasteiger partial charge in [-0.3, -0.25) is 0 Å². The molecule has 0 heterocycles. The van der Waals surface area contributed by atoms with Gasteiger partial charge in [-0.1, -0.05) is 29.8 Å². The molecule has 0 aliphatic carbocycles. The van der Waals surface area contributed by atoms with Crippen LogP contribution in [0.1, 0.15) is 26.3 Å². The first-order valence-electron chi connectivity index (χ1n) is 7.11. The van der Waals surface area contributed by atoms with E-state index in [2.05, 4.69) is 5.16 Å². The van der Waals surface area contributed by atoms with Crippen LogP contribution in [-0.2, 0) is 14.9 Å². The second kappa shape index (κ2) is 8.24. The monoisotopic (exact) mass is 330 g/mol. The van der Waals surface area contributed by atoms with Gasteiger partial charge in [-0.15, -0.1) is 0 Å². The molecule has 1 atom stereocenters. The highest BCUT2D eigenvalue weighted by Crippen LogP contribution is 2.17. The Hall–Kier alpha value is -1.47. The third kappa shape index (κ3) is 5.38. The molecule has 0 N–H and O–H groups in total. The van der Waals surface area contributed by atoms with E-state index in [0.717, 1.165) is 9.87 Å². The van der Waals surface area contributed by atoms with E-state index < -0.39 is 16.2 Å². The molecule has 0 bridgehead atoms. The molecular weight excluding hydrogens is 307 g/mol. The fraction of sp³-hybridized carbons (Fsp3) is 0.533. The first-order valence-corrected chi connectivity index (χ1v) is 8.55. The van der Waals surface area contributed by atoms with Gasteiger partial charge in [0.1, 0.15) is 6.61 Å². The minimum atomic E-state index is -3.70. The number of sulfonamides is 1. The number of rotatable bonds is 8. The van der Waals surface area contributed by atoms with Crippen molar-refractivity contribution in [1.82, 2.24) is 4.31 Å². The fourth-order valence-corrected chi connectivity index (χ4v) is 3.25. The fourth-order valence-electron chi connectivity index (χ4n) is 1.78. The van der Waals surface area contributed by atoms with Gasteiger partial charge >= 0.3 is 0 Å². The summed E-state index contributed by atoms with van der Waals surface area (Å²) < 4.78 is 40.0. The van der Waals surface area contributed by atoms with Crippen LogP contribution in [0.5, 0.6) is 0 Å². The van der Waals surface area contributed by atoms with E-state index in [1.165, 1.54) is 12.1 Å². The van der Waals surface area contributed by atoms with Crippen molar-refractivity contribution in [3.05, 3.63) is 29.8 Å². The predicted octanol–water partition coefficient (Wildman–Crippen LogP) is 2.76. The smallest absolute Gasteiger partial charge is 0.243 e. The number of hydrogen-bond acceptors (Lipinski definition) is 4. The molecule has 1 aromatic rings. The lowest BCUT2D eigenvalue weighted by Crippen LogP contribution is -2.37. The SMILES string of the molecule is CCN(CC(F)CON=C(C)C)S(=O)(=O)c1ccc(C)cc1. The van der Waals surface area contributed by atoms with Gasteiger partial charge in [-0.25, -0.2) is 12.8 Å². The first kappa shape index (κ1) is 18.6. The van der Waals surface area contributed by atoms with E-state index in [0.29, 0.717) is 5.71 Å². The van der Waals surface area contributed by atoms with Crippen LogP contribution in [0.3, 0.4) is 0 Å². The minimum absolute atomic E-state index is 0.162. The van der Waals surface area contributed by atoms with Crippen LogP contribution in [0.25, 0.3) is 0 Å². The minimum Gasteiger partial charge on any atom is -0.393 e. The van der Waals surface area contributed by atoms with Crippen molar-refractivity contribution >= 4 is 15.7 Å². The van der Waals surface area contributed by atoms with Crippen molar-refractivity contribution in [3.8, 4) is 0 Å². The molecule has 0 radical (unpaired) electrons. The first-order chi connectivity index (χ1) is 10.3. The second-order valence-electron chi connectivity index (χ2n) is 5.20. The van der Waals surface area contributed by atoms with Crippen LogP contribution in [0, 0.1) is 6.92 Å². The Labute approximate surface area is 131 Å². The summed E-state index contributed by atoms with van der Waals surface area (Å²) in [6.07, 6.45) is -1.44. The van der Waals surface area contributed by atoms with Gasteiger partial charge in [0.15, 0.2) is 6.17 Å². The highest BCUT2D eigenvalue weighted by atomic mass is 32.2. The largest absolute Gasteiger partial charge is 0.393 e. The van der Waals surface area contributed by atoms with Crippen molar-refractivity contribution in [2.75, 3.05) is 19.7 Å². The zero-order valence-electron chi connectivity index (χ0n) is 13.4. The van der Waals surface area contributed by atoms with E-state index in [1.807, 2.05) is 6.92 Å². The van der Waals surface area contributed by atoms with E-state index >= 15 is 0 Å². The highest BCUT2D eigenvalue weighted by Gasteiger charge is 2.26.